The zero-order chi connectivity index (χ0) is 13.9. The summed E-state index contributed by atoms with van der Waals surface area (Å²) in [6.45, 7) is 2.12. The quantitative estimate of drug-likeness (QED) is 0.781. The molecule has 1 aliphatic heterocycles. The van der Waals surface area contributed by atoms with Crippen LogP contribution in [0.2, 0.25) is 0 Å². The molecule has 1 saturated heterocycles. The zero-order valence-electron chi connectivity index (χ0n) is 11.5. The van der Waals surface area contributed by atoms with Crippen molar-refractivity contribution in [3.05, 3.63) is 29.6 Å². The van der Waals surface area contributed by atoms with Gasteiger partial charge in [-0.3, -0.25) is 9.78 Å². The molecule has 1 saturated carbocycles. The van der Waals surface area contributed by atoms with E-state index in [4.69, 9.17) is 5.73 Å². The predicted molar refractivity (Wildman–Crippen MR) is 76.9 cm³/mol. The number of fused-ring (bicyclic) bond motifs is 1. The van der Waals surface area contributed by atoms with E-state index < -0.39 is 0 Å². The molecule has 0 aromatic carbocycles. The number of carbonyl (C=O) groups is 1. The summed E-state index contributed by atoms with van der Waals surface area (Å²) in [5, 5.41) is 0. The van der Waals surface area contributed by atoms with Crippen LogP contribution < -0.4 is 5.73 Å². The normalized spacial score (nSPS) is 24.1. The van der Waals surface area contributed by atoms with Crippen LogP contribution in [-0.2, 0) is 0 Å². The third kappa shape index (κ3) is 2.54. The zero-order valence-corrected chi connectivity index (χ0v) is 11.5. The third-order valence-electron chi connectivity index (χ3n) is 4.33. The first-order chi connectivity index (χ1) is 9.78. The van der Waals surface area contributed by atoms with Gasteiger partial charge in [0.1, 0.15) is 0 Å². The Morgan fingerprint density at radius 1 is 1.35 bits per heavy atom. The molecule has 104 valence electrons. The summed E-state index contributed by atoms with van der Waals surface area (Å²) in [5.41, 5.74) is 6.74. The lowest BCUT2D eigenvalue weighted by molar-refractivity contribution is 0.0780. The monoisotopic (exact) mass is 269 g/mol. The standard InChI is InChI=1S/C16H19N3O/c17-6-2-3-12-7-15(9-18-8-12)16(20)19-10-13-4-1-5-14(13)11-19/h7-9,13-14H,1,4-6,10-11,17H2. The average molecular weight is 269 g/mol. The maximum atomic E-state index is 12.5. The second kappa shape index (κ2) is 5.64. The summed E-state index contributed by atoms with van der Waals surface area (Å²) in [6, 6.07) is 1.81. The van der Waals surface area contributed by atoms with Gasteiger partial charge in [0.2, 0.25) is 0 Å². The fourth-order valence-electron chi connectivity index (χ4n) is 3.36. The Balaban J connectivity index is 1.74. The number of nitrogens with zero attached hydrogens (tertiary/aromatic N) is 2. The molecule has 1 aromatic rings. The third-order valence-corrected chi connectivity index (χ3v) is 4.33. The smallest absolute Gasteiger partial charge is 0.255 e. The van der Waals surface area contributed by atoms with Gasteiger partial charge in [0, 0.05) is 31.0 Å². The van der Waals surface area contributed by atoms with E-state index in [0.717, 1.165) is 18.7 Å². The summed E-state index contributed by atoms with van der Waals surface area (Å²) >= 11 is 0. The molecule has 2 fully saturated rings. The van der Waals surface area contributed by atoms with Crippen LogP contribution in [0, 0.1) is 23.7 Å². The molecule has 4 nitrogen and oxygen atoms in total. The summed E-state index contributed by atoms with van der Waals surface area (Å²) < 4.78 is 0. The first-order valence-corrected chi connectivity index (χ1v) is 7.21. The van der Waals surface area contributed by atoms with Crippen molar-refractivity contribution in [2.24, 2.45) is 17.6 Å². The number of aromatic nitrogens is 1. The van der Waals surface area contributed by atoms with Crippen LogP contribution in [-0.4, -0.2) is 35.4 Å². The first-order valence-electron chi connectivity index (χ1n) is 7.21. The van der Waals surface area contributed by atoms with Gasteiger partial charge >= 0.3 is 0 Å². The summed E-state index contributed by atoms with van der Waals surface area (Å²) in [4.78, 5) is 18.6. The molecule has 1 aromatic heterocycles. The van der Waals surface area contributed by atoms with E-state index in [1.54, 1.807) is 12.4 Å². The molecule has 20 heavy (non-hydrogen) atoms. The Bertz CT molecular complexity index is 561. The molecule has 0 radical (unpaired) electrons. The van der Waals surface area contributed by atoms with Crippen LogP contribution in [0.4, 0.5) is 0 Å². The minimum atomic E-state index is 0.0864. The van der Waals surface area contributed by atoms with Crippen LogP contribution in [0.3, 0.4) is 0 Å². The van der Waals surface area contributed by atoms with Crippen molar-refractivity contribution >= 4 is 5.91 Å². The second-order valence-corrected chi connectivity index (χ2v) is 5.63. The van der Waals surface area contributed by atoms with Crippen molar-refractivity contribution < 1.29 is 4.79 Å². The fraction of sp³-hybridized carbons (Fsp3) is 0.500. The van der Waals surface area contributed by atoms with Gasteiger partial charge in [0.25, 0.3) is 5.91 Å². The Morgan fingerprint density at radius 2 is 2.10 bits per heavy atom. The van der Waals surface area contributed by atoms with Gasteiger partial charge in [-0.15, -0.1) is 0 Å². The van der Waals surface area contributed by atoms with Crippen LogP contribution in [0.25, 0.3) is 0 Å². The predicted octanol–water partition coefficient (Wildman–Crippen LogP) is 1.26. The fourth-order valence-corrected chi connectivity index (χ4v) is 3.36. The highest BCUT2D eigenvalue weighted by Gasteiger charge is 2.38. The minimum absolute atomic E-state index is 0.0864. The Morgan fingerprint density at radius 3 is 2.80 bits per heavy atom. The maximum Gasteiger partial charge on any atom is 0.255 e. The summed E-state index contributed by atoms with van der Waals surface area (Å²) in [7, 11) is 0. The molecule has 0 spiro atoms. The highest BCUT2D eigenvalue weighted by molar-refractivity contribution is 5.94. The van der Waals surface area contributed by atoms with Gasteiger partial charge in [-0.2, -0.15) is 0 Å². The highest BCUT2D eigenvalue weighted by atomic mass is 16.2. The SMILES string of the molecule is NCC#Cc1cncc(C(=O)N2CC3CCCC3C2)c1. The van der Waals surface area contributed by atoms with Gasteiger partial charge in [0.05, 0.1) is 12.1 Å². The molecule has 2 heterocycles. The van der Waals surface area contributed by atoms with E-state index >= 15 is 0 Å². The minimum Gasteiger partial charge on any atom is -0.338 e. The van der Waals surface area contributed by atoms with Crippen molar-refractivity contribution in [2.75, 3.05) is 19.6 Å². The van der Waals surface area contributed by atoms with Gasteiger partial charge in [-0.05, 0) is 30.7 Å². The lowest BCUT2D eigenvalue weighted by atomic mass is 10.0. The van der Waals surface area contributed by atoms with Crippen molar-refractivity contribution in [1.82, 2.24) is 9.88 Å². The largest absolute Gasteiger partial charge is 0.338 e. The van der Waals surface area contributed by atoms with Crippen LogP contribution >= 0.6 is 0 Å². The summed E-state index contributed by atoms with van der Waals surface area (Å²) in [5.74, 6) is 7.22. The van der Waals surface area contributed by atoms with Gasteiger partial charge < -0.3 is 10.6 Å². The van der Waals surface area contributed by atoms with Crippen molar-refractivity contribution in [1.29, 1.82) is 0 Å². The van der Waals surface area contributed by atoms with Crippen molar-refractivity contribution in [3.8, 4) is 11.8 Å². The van der Waals surface area contributed by atoms with E-state index in [9.17, 15) is 4.79 Å². The van der Waals surface area contributed by atoms with E-state index in [2.05, 4.69) is 16.8 Å². The highest BCUT2D eigenvalue weighted by Crippen LogP contribution is 2.38. The molecule has 0 bridgehead atoms. The molecule has 2 aliphatic rings. The number of hydrogen-bond donors (Lipinski definition) is 1. The number of nitrogens with two attached hydrogens (primary N) is 1. The second-order valence-electron chi connectivity index (χ2n) is 5.63. The van der Waals surface area contributed by atoms with Crippen molar-refractivity contribution in [2.45, 2.75) is 19.3 Å². The number of amides is 1. The number of carbonyl (C=O) groups excluding carboxylic acids is 1. The van der Waals surface area contributed by atoms with E-state index in [0.29, 0.717) is 23.9 Å². The van der Waals surface area contributed by atoms with Gasteiger partial charge in [0.15, 0.2) is 0 Å². The first kappa shape index (κ1) is 13.1. The van der Waals surface area contributed by atoms with Gasteiger partial charge in [-0.1, -0.05) is 18.3 Å². The van der Waals surface area contributed by atoms with Crippen LogP contribution in [0.15, 0.2) is 18.5 Å². The lowest BCUT2D eigenvalue weighted by Crippen LogP contribution is -2.29. The molecular weight excluding hydrogens is 250 g/mol. The van der Waals surface area contributed by atoms with Gasteiger partial charge in [-0.25, -0.2) is 0 Å². The number of likely N-dealkylation sites (tertiary alicyclic amines) is 1. The van der Waals surface area contributed by atoms with E-state index in [1.165, 1.54) is 19.3 Å². The number of rotatable bonds is 1. The van der Waals surface area contributed by atoms with Crippen LogP contribution in [0.1, 0.15) is 35.2 Å². The maximum absolute atomic E-state index is 12.5. The molecular formula is C16H19N3O. The number of pyridine rings is 1. The molecule has 2 N–H and O–H groups in total. The number of hydrogen-bond acceptors (Lipinski definition) is 3. The molecule has 2 unspecified atom stereocenters. The van der Waals surface area contributed by atoms with E-state index in [1.807, 2.05) is 11.0 Å². The molecule has 2 atom stereocenters. The molecule has 4 heteroatoms. The topological polar surface area (TPSA) is 59.2 Å². The Kier molecular flexibility index (Phi) is 3.70. The summed E-state index contributed by atoms with van der Waals surface area (Å²) in [6.07, 6.45) is 7.16. The molecule has 1 aliphatic carbocycles. The molecule has 3 rings (SSSR count). The molecule has 1 amide bonds. The van der Waals surface area contributed by atoms with Crippen LogP contribution in [0.5, 0.6) is 0 Å². The Hall–Kier alpha value is -1.86. The Labute approximate surface area is 119 Å². The average Bonchev–Trinajstić information content (AvgIpc) is 3.06. The van der Waals surface area contributed by atoms with E-state index in [-0.39, 0.29) is 5.91 Å². The lowest BCUT2D eigenvalue weighted by Gasteiger charge is -2.17. The van der Waals surface area contributed by atoms with Crippen molar-refractivity contribution in [3.63, 3.8) is 0 Å².